The average molecular weight is 229 g/mol. The van der Waals surface area contributed by atoms with Crippen LogP contribution in [-0.2, 0) is 0 Å². The third kappa shape index (κ3) is 2.74. The summed E-state index contributed by atoms with van der Waals surface area (Å²) in [5, 5.41) is 7.82. The van der Waals surface area contributed by atoms with Gasteiger partial charge in [-0.25, -0.2) is 0 Å². The molecule has 0 atom stereocenters. The molecule has 3 nitrogen and oxygen atoms in total. The van der Waals surface area contributed by atoms with E-state index in [9.17, 15) is 0 Å². The van der Waals surface area contributed by atoms with Crippen LogP contribution in [0.3, 0.4) is 0 Å². The van der Waals surface area contributed by atoms with Crippen LogP contribution in [0, 0.1) is 6.92 Å². The Morgan fingerprint density at radius 1 is 1.18 bits per heavy atom. The van der Waals surface area contributed by atoms with Crippen molar-refractivity contribution in [2.24, 2.45) is 0 Å². The molecular weight excluding hydrogens is 210 g/mol. The topological polar surface area (TPSA) is 37.0 Å². The average Bonchev–Trinajstić information content (AvgIpc) is 2.36. The number of benzene rings is 1. The Morgan fingerprint density at radius 3 is 2.88 bits per heavy atom. The molecule has 3 heteroatoms. The number of hydrogen-bond acceptors (Lipinski definition) is 3. The summed E-state index contributed by atoms with van der Waals surface area (Å²) < 4.78 is 0. The van der Waals surface area contributed by atoms with Gasteiger partial charge in [0.2, 0.25) is 0 Å². The van der Waals surface area contributed by atoms with E-state index in [2.05, 4.69) is 40.7 Å². The van der Waals surface area contributed by atoms with Crippen molar-refractivity contribution in [2.75, 3.05) is 25.5 Å². The highest BCUT2D eigenvalue weighted by Gasteiger charge is 2.02. The van der Waals surface area contributed by atoms with Crippen LogP contribution < -0.4 is 10.6 Å². The van der Waals surface area contributed by atoms with E-state index in [-0.39, 0.29) is 0 Å². The van der Waals surface area contributed by atoms with E-state index in [1.54, 1.807) is 0 Å². The van der Waals surface area contributed by atoms with Crippen LogP contribution in [0.5, 0.6) is 0 Å². The second kappa shape index (κ2) is 5.64. The number of aryl methyl sites for hydroxylation is 1. The maximum absolute atomic E-state index is 4.43. The van der Waals surface area contributed by atoms with Crippen LogP contribution in [0.2, 0.25) is 0 Å². The van der Waals surface area contributed by atoms with Crippen LogP contribution in [0.15, 0.2) is 30.5 Å². The zero-order valence-electron chi connectivity index (χ0n) is 10.5. The van der Waals surface area contributed by atoms with Crippen molar-refractivity contribution in [3.05, 3.63) is 36.0 Å². The molecule has 0 fully saturated rings. The minimum Gasteiger partial charge on any atom is -0.384 e. The maximum atomic E-state index is 4.43. The molecule has 0 saturated heterocycles. The molecule has 90 valence electrons. The molecule has 1 aromatic heterocycles. The molecule has 0 radical (unpaired) electrons. The third-order valence-electron chi connectivity index (χ3n) is 2.89. The first-order valence-corrected chi connectivity index (χ1v) is 6.05. The molecule has 0 saturated carbocycles. The molecule has 2 N–H and O–H groups in total. The summed E-state index contributed by atoms with van der Waals surface area (Å²) in [6, 6.07) is 8.34. The highest BCUT2D eigenvalue weighted by molar-refractivity contribution is 5.92. The number of aromatic nitrogens is 1. The standard InChI is InChI=1S/C14H19N3/c1-11-5-3-6-12-13(7-10-17-14(11)12)16-9-4-8-15-2/h3,5-7,10,15H,4,8-9H2,1-2H3,(H,16,17). The van der Waals surface area contributed by atoms with E-state index < -0.39 is 0 Å². The van der Waals surface area contributed by atoms with Crippen molar-refractivity contribution < 1.29 is 0 Å². The smallest absolute Gasteiger partial charge is 0.0751 e. The second-order valence-electron chi connectivity index (χ2n) is 4.21. The first-order valence-electron chi connectivity index (χ1n) is 6.05. The van der Waals surface area contributed by atoms with Crippen molar-refractivity contribution >= 4 is 16.6 Å². The summed E-state index contributed by atoms with van der Waals surface area (Å²) in [6.07, 6.45) is 2.99. The number of nitrogens with zero attached hydrogens (tertiary/aromatic N) is 1. The Labute approximate surface area is 102 Å². The Morgan fingerprint density at radius 2 is 2.06 bits per heavy atom. The predicted molar refractivity (Wildman–Crippen MR) is 73.5 cm³/mol. The van der Waals surface area contributed by atoms with Gasteiger partial charge in [0.05, 0.1) is 5.52 Å². The molecule has 17 heavy (non-hydrogen) atoms. The van der Waals surface area contributed by atoms with Gasteiger partial charge in [0.15, 0.2) is 0 Å². The fraction of sp³-hybridized carbons (Fsp3) is 0.357. The molecule has 0 aliphatic carbocycles. The van der Waals surface area contributed by atoms with Crippen molar-refractivity contribution in [1.82, 2.24) is 10.3 Å². The van der Waals surface area contributed by atoms with E-state index in [1.165, 1.54) is 16.6 Å². The predicted octanol–water partition coefficient (Wildman–Crippen LogP) is 2.56. The second-order valence-corrected chi connectivity index (χ2v) is 4.21. The number of anilines is 1. The lowest BCUT2D eigenvalue weighted by molar-refractivity contribution is 0.748. The van der Waals surface area contributed by atoms with E-state index in [0.29, 0.717) is 0 Å². The molecule has 0 aliphatic rings. The lowest BCUT2D eigenvalue weighted by atomic mass is 10.1. The zero-order valence-corrected chi connectivity index (χ0v) is 10.5. The van der Waals surface area contributed by atoms with Gasteiger partial charge in [0.25, 0.3) is 0 Å². The van der Waals surface area contributed by atoms with Gasteiger partial charge in [-0.3, -0.25) is 4.98 Å². The molecule has 0 aliphatic heterocycles. The van der Waals surface area contributed by atoms with Gasteiger partial charge in [-0.2, -0.15) is 0 Å². The van der Waals surface area contributed by atoms with E-state index in [0.717, 1.165) is 25.0 Å². The van der Waals surface area contributed by atoms with E-state index >= 15 is 0 Å². The number of pyridine rings is 1. The van der Waals surface area contributed by atoms with E-state index in [4.69, 9.17) is 0 Å². The van der Waals surface area contributed by atoms with Crippen LogP contribution in [-0.4, -0.2) is 25.1 Å². The fourth-order valence-corrected chi connectivity index (χ4v) is 1.97. The highest BCUT2D eigenvalue weighted by Crippen LogP contribution is 2.23. The van der Waals surface area contributed by atoms with Gasteiger partial charge in [-0.05, 0) is 38.6 Å². The number of nitrogens with one attached hydrogen (secondary N) is 2. The summed E-state index contributed by atoms with van der Waals surface area (Å²) in [6.45, 7) is 4.11. The van der Waals surface area contributed by atoms with Gasteiger partial charge >= 0.3 is 0 Å². The Bertz CT molecular complexity index is 494. The monoisotopic (exact) mass is 229 g/mol. The van der Waals surface area contributed by atoms with Crippen molar-refractivity contribution in [1.29, 1.82) is 0 Å². The van der Waals surface area contributed by atoms with Gasteiger partial charge in [-0.1, -0.05) is 18.2 Å². The molecule has 0 spiro atoms. The van der Waals surface area contributed by atoms with E-state index in [1.807, 2.05) is 19.3 Å². The number of para-hydroxylation sites is 1. The minimum atomic E-state index is 0.980. The van der Waals surface area contributed by atoms with Gasteiger partial charge in [-0.15, -0.1) is 0 Å². The summed E-state index contributed by atoms with van der Waals surface area (Å²) >= 11 is 0. The normalized spacial score (nSPS) is 10.7. The van der Waals surface area contributed by atoms with Gasteiger partial charge < -0.3 is 10.6 Å². The van der Waals surface area contributed by atoms with Crippen molar-refractivity contribution in [3.8, 4) is 0 Å². The van der Waals surface area contributed by atoms with Crippen LogP contribution in [0.4, 0.5) is 5.69 Å². The number of fused-ring (bicyclic) bond motifs is 1. The minimum absolute atomic E-state index is 0.980. The number of rotatable bonds is 5. The molecule has 1 heterocycles. The van der Waals surface area contributed by atoms with Gasteiger partial charge in [0, 0.05) is 23.8 Å². The molecule has 1 aromatic carbocycles. The lowest BCUT2D eigenvalue weighted by Crippen LogP contribution is -2.13. The molecule has 2 rings (SSSR count). The summed E-state index contributed by atoms with van der Waals surface area (Å²) in [7, 11) is 1.98. The SMILES string of the molecule is CNCCCNc1ccnc2c(C)cccc12. The largest absolute Gasteiger partial charge is 0.384 e. The van der Waals surface area contributed by atoms with Crippen LogP contribution in [0.1, 0.15) is 12.0 Å². The lowest BCUT2D eigenvalue weighted by Gasteiger charge is -2.10. The molecule has 0 amide bonds. The molecule has 0 bridgehead atoms. The van der Waals surface area contributed by atoms with Gasteiger partial charge in [0.1, 0.15) is 0 Å². The molecular formula is C14H19N3. The Kier molecular flexibility index (Phi) is 3.94. The first-order chi connectivity index (χ1) is 8.33. The summed E-state index contributed by atoms with van der Waals surface area (Å²) in [5.41, 5.74) is 3.49. The summed E-state index contributed by atoms with van der Waals surface area (Å²) in [5.74, 6) is 0. The highest BCUT2D eigenvalue weighted by atomic mass is 14.9. The first kappa shape index (κ1) is 11.9. The summed E-state index contributed by atoms with van der Waals surface area (Å²) in [4.78, 5) is 4.43. The van der Waals surface area contributed by atoms with Crippen molar-refractivity contribution in [3.63, 3.8) is 0 Å². The molecule has 0 unspecified atom stereocenters. The Balaban J connectivity index is 2.19. The zero-order chi connectivity index (χ0) is 12.1. The fourth-order valence-electron chi connectivity index (χ4n) is 1.97. The third-order valence-corrected chi connectivity index (χ3v) is 2.89. The Hall–Kier alpha value is -1.61. The van der Waals surface area contributed by atoms with Crippen LogP contribution in [0.25, 0.3) is 10.9 Å². The number of hydrogen-bond donors (Lipinski definition) is 2. The van der Waals surface area contributed by atoms with Crippen LogP contribution >= 0.6 is 0 Å². The van der Waals surface area contributed by atoms with Crippen molar-refractivity contribution in [2.45, 2.75) is 13.3 Å². The quantitative estimate of drug-likeness (QED) is 0.774. The molecule has 2 aromatic rings. The maximum Gasteiger partial charge on any atom is 0.0751 e.